The van der Waals surface area contributed by atoms with Gasteiger partial charge >= 0.3 is 0 Å². The molecule has 0 radical (unpaired) electrons. The van der Waals surface area contributed by atoms with Gasteiger partial charge in [-0.3, -0.25) is 14.5 Å². The van der Waals surface area contributed by atoms with Crippen LogP contribution in [0.25, 0.3) is 21.8 Å². The van der Waals surface area contributed by atoms with E-state index in [1.807, 2.05) is 42.8 Å². The van der Waals surface area contributed by atoms with Crippen LogP contribution in [-0.4, -0.2) is 44.9 Å². The molecule has 4 aromatic rings. The second-order valence-corrected chi connectivity index (χ2v) is 8.15. The third kappa shape index (κ3) is 4.20. The monoisotopic (exact) mass is 418 g/mol. The number of anilines is 1. The molecule has 1 aromatic carbocycles. The maximum Gasteiger partial charge on any atom is 0.251 e. The summed E-state index contributed by atoms with van der Waals surface area (Å²) < 4.78 is 7.20. The van der Waals surface area contributed by atoms with Crippen molar-refractivity contribution in [2.45, 2.75) is 32.4 Å². The van der Waals surface area contributed by atoms with Gasteiger partial charge < -0.3 is 15.8 Å². The van der Waals surface area contributed by atoms with Crippen LogP contribution < -0.4 is 11.1 Å². The second kappa shape index (κ2) is 8.31. The van der Waals surface area contributed by atoms with Crippen molar-refractivity contribution in [1.29, 1.82) is 0 Å². The third-order valence-corrected chi connectivity index (χ3v) is 5.23. The highest BCUT2D eigenvalue weighted by atomic mass is 16.5. The number of ether oxygens (including phenoxy) is 1. The molecule has 0 bridgehead atoms. The summed E-state index contributed by atoms with van der Waals surface area (Å²) in [5.74, 6) is 0.246. The summed E-state index contributed by atoms with van der Waals surface area (Å²) in [7, 11) is 1.66. The summed E-state index contributed by atoms with van der Waals surface area (Å²) in [6.07, 6.45) is 3.77. The van der Waals surface area contributed by atoms with Crippen LogP contribution in [0.2, 0.25) is 0 Å². The van der Waals surface area contributed by atoms with Crippen molar-refractivity contribution < 1.29 is 9.53 Å². The average molecular weight is 419 g/mol. The lowest BCUT2D eigenvalue weighted by Gasteiger charge is -2.27. The van der Waals surface area contributed by atoms with Crippen molar-refractivity contribution in [1.82, 2.24) is 25.1 Å². The van der Waals surface area contributed by atoms with Crippen LogP contribution in [0.1, 0.15) is 29.9 Å². The molecule has 0 atom stereocenters. The number of nitrogens with two attached hydrogens (primary N) is 1. The number of nitrogens with one attached hydrogen (secondary N) is 1. The second-order valence-electron chi connectivity index (χ2n) is 8.15. The van der Waals surface area contributed by atoms with Crippen LogP contribution >= 0.6 is 0 Å². The minimum atomic E-state index is -0.544. The summed E-state index contributed by atoms with van der Waals surface area (Å²) in [6, 6.07) is 11.3. The largest absolute Gasteiger partial charge is 0.383 e. The molecule has 3 aromatic heterocycles. The smallest absolute Gasteiger partial charge is 0.251 e. The fourth-order valence-corrected chi connectivity index (χ4v) is 3.81. The quantitative estimate of drug-likeness (QED) is 0.478. The Labute approximate surface area is 180 Å². The molecule has 0 saturated heterocycles. The zero-order valence-corrected chi connectivity index (χ0v) is 17.9. The average Bonchev–Trinajstić information content (AvgIpc) is 3.11. The van der Waals surface area contributed by atoms with Crippen molar-refractivity contribution in [2.24, 2.45) is 0 Å². The van der Waals surface area contributed by atoms with Gasteiger partial charge in [-0.25, -0.2) is 4.98 Å². The van der Waals surface area contributed by atoms with E-state index in [-0.39, 0.29) is 5.91 Å². The molecule has 0 aliphatic heterocycles. The van der Waals surface area contributed by atoms with Crippen molar-refractivity contribution >= 4 is 33.5 Å². The summed E-state index contributed by atoms with van der Waals surface area (Å²) >= 11 is 0. The minimum Gasteiger partial charge on any atom is -0.383 e. The third-order valence-electron chi connectivity index (χ3n) is 5.23. The molecule has 0 fully saturated rings. The van der Waals surface area contributed by atoms with Crippen LogP contribution in [0.4, 0.5) is 5.82 Å². The molecule has 0 aliphatic carbocycles. The molecule has 3 heterocycles. The van der Waals surface area contributed by atoms with Gasteiger partial charge in [0.2, 0.25) is 0 Å². The normalized spacial score (nSPS) is 11.8. The van der Waals surface area contributed by atoms with Crippen LogP contribution in [0, 0.1) is 0 Å². The number of methoxy groups -OCH3 is 1. The summed E-state index contributed by atoms with van der Waals surface area (Å²) in [5, 5.41) is 9.84. The van der Waals surface area contributed by atoms with E-state index >= 15 is 0 Å². The number of para-hydroxylation sites is 1. The first kappa shape index (κ1) is 20.7. The number of aromatic nitrogens is 4. The highest BCUT2D eigenvalue weighted by Crippen LogP contribution is 2.32. The Morgan fingerprint density at radius 3 is 2.68 bits per heavy atom. The molecule has 31 heavy (non-hydrogen) atoms. The van der Waals surface area contributed by atoms with Gasteiger partial charge in [0.25, 0.3) is 5.91 Å². The zero-order chi connectivity index (χ0) is 22.0. The maximum absolute atomic E-state index is 12.8. The fraction of sp³-hybridized carbons (Fsp3) is 0.304. The molecule has 8 nitrogen and oxygen atoms in total. The first-order valence-corrected chi connectivity index (χ1v) is 10.1. The molecular weight excluding hydrogens is 392 g/mol. The lowest BCUT2D eigenvalue weighted by atomic mass is 9.94. The Morgan fingerprint density at radius 1 is 1.19 bits per heavy atom. The molecule has 0 unspecified atom stereocenters. The maximum atomic E-state index is 12.8. The number of rotatable bonds is 7. The number of hydrogen-bond donors (Lipinski definition) is 2. The molecule has 4 rings (SSSR count). The van der Waals surface area contributed by atoms with Gasteiger partial charge in [0.1, 0.15) is 5.52 Å². The van der Waals surface area contributed by atoms with Crippen LogP contribution in [0.3, 0.4) is 0 Å². The summed E-state index contributed by atoms with van der Waals surface area (Å²) in [4.78, 5) is 21.3. The van der Waals surface area contributed by atoms with Crippen molar-refractivity contribution in [2.75, 3.05) is 19.5 Å². The molecule has 3 N–H and O–H groups in total. The Hall–Kier alpha value is -3.52. The standard InChI is InChI=1S/C23H26N6O2/c1-23(2,27-22(30)15-8-10-25-11-9-15)14-18-19-16-6-4-5-7-17(16)26-21(24)20(19)28-29(18)12-13-31-3/h4-11H,12-14H2,1-3H3,(H2,24,26)(H,27,30). The van der Waals surface area contributed by atoms with Gasteiger partial charge in [-0.05, 0) is 32.0 Å². The number of hydrogen-bond acceptors (Lipinski definition) is 6. The van der Waals surface area contributed by atoms with E-state index < -0.39 is 5.54 Å². The lowest BCUT2D eigenvalue weighted by molar-refractivity contribution is 0.0912. The molecule has 0 spiro atoms. The molecule has 160 valence electrons. The number of carbonyl (C=O) groups is 1. The molecular formula is C23H26N6O2. The van der Waals surface area contributed by atoms with E-state index in [2.05, 4.69) is 15.3 Å². The fourth-order valence-electron chi connectivity index (χ4n) is 3.81. The van der Waals surface area contributed by atoms with Gasteiger partial charge in [0.15, 0.2) is 5.82 Å². The van der Waals surface area contributed by atoms with Gasteiger partial charge in [-0.15, -0.1) is 0 Å². The van der Waals surface area contributed by atoms with E-state index in [4.69, 9.17) is 15.6 Å². The Kier molecular flexibility index (Phi) is 5.56. The predicted octanol–water partition coefficient (Wildman–Crippen LogP) is 2.96. The van der Waals surface area contributed by atoms with Crippen LogP contribution in [-0.2, 0) is 17.7 Å². The topological polar surface area (TPSA) is 108 Å². The number of fused-ring (bicyclic) bond motifs is 3. The van der Waals surface area contributed by atoms with Crippen LogP contribution in [0.5, 0.6) is 0 Å². The van der Waals surface area contributed by atoms with E-state index in [0.29, 0.717) is 36.5 Å². The highest BCUT2D eigenvalue weighted by Gasteiger charge is 2.27. The number of amides is 1. The van der Waals surface area contributed by atoms with E-state index in [1.165, 1.54) is 0 Å². The van der Waals surface area contributed by atoms with Crippen molar-refractivity contribution in [3.63, 3.8) is 0 Å². The zero-order valence-electron chi connectivity index (χ0n) is 17.9. The van der Waals surface area contributed by atoms with Gasteiger partial charge in [0.05, 0.1) is 18.7 Å². The number of pyridine rings is 2. The van der Waals surface area contributed by atoms with Gasteiger partial charge in [0, 0.05) is 53.5 Å². The number of carbonyl (C=O) groups excluding carboxylic acids is 1. The highest BCUT2D eigenvalue weighted by molar-refractivity contribution is 6.09. The Balaban J connectivity index is 1.78. The SMILES string of the molecule is COCCn1nc2c(N)nc3ccccc3c2c1CC(C)(C)NC(=O)c1ccncc1. The summed E-state index contributed by atoms with van der Waals surface area (Å²) in [6.45, 7) is 5.08. The van der Waals surface area contributed by atoms with E-state index in [0.717, 1.165) is 22.0 Å². The van der Waals surface area contributed by atoms with Gasteiger partial charge in [-0.1, -0.05) is 18.2 Å². The molecule has 8 heteroatoms. The molecule has 0 saturated carbocycles. The minimum absolute atomic E-state index is 0.147. The first-order chi connectivity index (χ1) is 14.9. The Bertz CT molecular complexity index is 1230. The molecule has 1 amide bonds. The number of benzene rings is 1. The summed E-state index contributed by atoms with van der Waals surface area (Å²) in [5.41, 5.74) is 8.75. The molecule has 0 aliphatic rings. The number of nitrogen functional groups attached to an aromatic ring is 1. The van der Waals surface area contributed by atoms with E-state index in [9.17, 15) is 4.79 Å². The van der Waals surface area contributed by atoms with Crippen molar-refractivity contribution in [3.8, 4) is 0 Å². The first-order valence-electron chi connectivity index (χ1n) is 10.1. The Morgan fingerprint density at radius 2 is 1.94 bits per heavy atom. The van der Waals surface area contributed by atoms with Gasteiger partial charge in [-0.2, -0.15) is 5.10 Å². The van der Waals surface area contributed by atoms with Crippen molar-refractivity contribution in [3.05, 3.63) is 60.0 Å². The predicted molar refractivity (Wildman–Crippen MR) is 121 cm³/mol. The number of nitrogens with zero attached hydrogens (tertiary/aromatic N) is 4. The lowest BCUT2D eigenvalue weighted by Crippen LogP contribution is -2.45. The van der Waals surface area contributed by atoms with Crippen LogP contribution in [0.15, 0.2) is 48.8 Å². The van der Waals surface area contributed by atoms with E-state index in [1.54, 1.807) is 31.6 Å².